The van der Waals surface area contributed by atoms with E-state index in [1.165, 1.54) is 16.8 Å². The van der Waals surface area contributed by atoms with Gasteiger partial charge < -0.3 is 4.90 Å². The molecule has 3 nitrogen and oxygen atoms in total. The second-order valence-corrected chi connectivity index (χ2v) is 4.08. The Labute approximate surface area is 92.7 Å². The van der Waals surface area contributed by atoms with E-state index in [1.807, 2.05) is 0 Å². The summed E-state index contributed by atoms with van der Waals surface area (Å²) in [4.78, 5) is 10.9. The normalized spacial score (nSPS) is 16.5. The Bertz CT molecular complexity index is 655. The third-order valence-electron chi connectivity index (χ3n) is 3.15. The van der Waals surface area contributed by atoms with E-state index in [1.54, 1.807) is 12.4 Å². The van der Waals surface area contributed by atoms with Crippen LogP contribution in [0.25, 0.3) is 16.6 Å². The van der Waals surface area contributed by atoms with E-state index in [0.717, 1.165) is 17.6 Å². The Morgan fingerprint density at radius 3 is 2.75 bits per heavy atom. The highest BCUT2D eigenvalue weighted by Gasteiger charge is 2.24. The lowest BCUT2D eigenvalue weighted by Gasteiger charge is -2.14. The fourth-order valence-electron chi connectivity index (χ4n) is 2.39. The van der Waals surface area contributed by atoms with E-state index < -0.39 is 0 Å². The minimum absolute atomic E-state index is 0.961. The molecule has 4 rings (SSSR count). The van der Waals surface area contributed by atoms with Gasteiger partial charge in [-0.15, -0.1) is 0 Å². The van der Waals surface area contributed by atoms with Gasteiger partial charge in [-0.1, -0.05) is 6.08 Å². The van der Waals surface area contributed by atoms with Crippen LogP contribution in [0, 0.1) is 0 Å². The van der Waals surface area contributed by atoms with Crippen LogP contribution >= 0.6 is 0 Å². The van der Waals surface area contributed by atoms with Crippen LogP contribution < -0.4 is 4.90 Å². The molecule has 3 heterocycles. The zero-order valence-electron chi connectivity index (χ0n) is 8.59. The van der Waals surface area contributed by atoms with Crippen LogP contribution in [0.4, 0.5) is 5.69 Å². The molecule has 2 aromatic rings. The quantitative estimate of drug-likeness (QED) is 0.664. The number of fused-ring (bicyclic) bond motifs is 6. The summed E-state index contributed by atoms with van der Waals surface area (Å²) < 4.78 is 0. The average molecular weight is 207 g/mol. The van der Waals surface area contributed by atoms with E-state index in [0.29, 0.717) is 0 Å². The summed E-state index contributed by atoms with van der Waals surface area (Å²) in [6.07, 6.45) is 9.84. The third kappa shape index (κ3) is 0.922. The molecule has 2 aliphatic rings. The molecule has 3 heteroatoms. The molecule has 16 heavy (non-hydrogen) atoms. The summed E-state index contributed by atoms with van der Waals surface area (Å²) in [6, 6.07) is 4.25. The third-order valence-corrected chi connectivity index (χ3v) is 3.15. The summed E-state index contributed by atoms with van der Waals surface area (Å²) in [5.74, 6) is 0. The lowest BCUT2D eigenvalue weighted by molar-refractivity contribution is 1.14. The molecule has 0 saturated carbocycles. The molecule has 0 unspecified atom stereocenters. The van der Waals surface area contributed by atoms with E-state index in [9.17, 15) is 0 Å². The van der Waals surface area contributed by atoms with Crippen LogP contribution in [0.5, 0.6) is 0 Å². The molecular weight excluding hydrogens is 198 g/mol. The molecule has 1 aromatic heterocycles. The highest BCUT2D eigenvalue weighted by molar-refractivity contribution is 5.95. The Balaban J connectivity index is 2.10. The molecule has 0 atom stereocenters. The highest BCUT2D eigenvalue weighted by Crippen LogP contribution is 2.39. The molecule has 0 aliphatic carbocycles. The number of hydrogen-bond acceptors (Lipinski definition) is 3. The summed E-state index contributed by atoms with van der Waals surface area (Å²) in [6.45, 7) is 0.974. The SMILES string of the molecule is C1=CN2CC(=C1)c1cc3nccnc3cc12. The van der Waals surface area contributed by atoms with Gasteiger partial charge in [-0.2, -0.15) is 0 Å². The largest absolute Gasteiger partial charge is 0.343 e. The van der Waals surface area contributed by atoms with Gasteiger partial charge in [0.15, 0.2) is 0 Å². The van der Waals surface area contributed by atoms with Crippen LogP contribution in [-0.4, -0.2) is 16.5 Å². The fraction of sp³-hybridized carbons (Fsp3) is 0.0769. The number of hydrogen-bond donors (Lipinski definition) is 0. The Morgan fingerprint density at radius 1 is 1.06 bits per heavy atom. The second kappa shape index (κ2) is 2.70. The maximum atomic E-state index is 4.34. The van der Waals surface area contributed by atoms with Crippen molar-refractivity contribution in [3.05, 3.63) is 48.4 Å². The highest BCUT2D eigenvalue weighted by atomic mass is 15.1. The van der Waals surface area contributed by atoms with Gasteiger partial charge in [-0.3, -0.25) is 9.97 Å². The molecule has 1 aromatic carbocycles. The maximum absolute atomic E-state index is 4.34. The van der Waals surface area contributed by atoms with Gasteiger partial charge in [0.1, 0.15) is 0 Å². The molecule has 0 fully saturated rings. The number of aromatic nitrogens is 2. The van der Waals surface area contributed by atoms with Crippen molar-refractivity contribution in [2.75, 3.05) is 11.4 Å². The van der Waals surface area contributed by atoms with Crippen molar-refractivity contribution in [1.82, 2.24) is 9.97 Å². The minimum Gasteiger partial charge on any atom is -0.343 e. The van der Waals surface area contributed by atoms with Crippen LogP contribution in [0.1, 0.15) is 5.56 Å². The fourth-order valence-corrected chi connectivity index (χ4v) is 2.39. The van der Waals surface area contributed by atoms with E-state index in [4.69, 9.17) is 0 Å². The van der Waals surface area contributed by atoms with Gasteiger partial charge in [0.25, 0.3) is 0 Å². The van der Waals surface area contributed by atoms with Crippen LogP contribution in [0.15, 0.2) is 42.9 Å². The molecule has 2 bridgehead atoms. The van der Waals surface area contributed by atoms with Gasteiger partial charge >= 0.3 is 0 Å². The van der Waals surface area contributed by atoms with E-state index >= 15 is 0 Å². The zero-order chi connectivity index (χ0) is 10.5. The average Bonchev–Trinajstić information content (AvgIpc) is 2.59. The van der Waals surface area contributed by atoms with Crippen molar-refractivity contribution in [3.63, 3.8) is 0 Å². The smallest absolute Gasteiger partial charge is 0.0907 e. The monoisotopic (exact) mass is 207 g/mol. The predicted octanol–water partition coefficient (Wildman–Crippen LogP) is 2.36. The Morgan fingerprint density at radius 2 is 1.88 bits per heavy atom. The summed E-state index contributed by atoms with van der Waals surface area (Å²) in [5, 5.41) is 0. The molecule has 76 valence electrons. The Hall–Kier alpha value is -2.16. The number of nitrogens with zero attached hydrogens (tertiary/aromatic N) is 3. The van der Waals surface area contributed by atoms with Crippen LogP contribution in [0.3, 0.4) is 0 Å². The summed E-state index contributed by atoms with van der Waals surface area (Å²) in [7, 11) is 0. The Kier molecular flexibility index (Phi) is 1.36. The number of benzene rings is 1. The van der Waals surface area contributed by atoms with Crippen molar-refractivity contribution < 1.29 is 0 Å². The molecular formula is C13H9N3. The van der Waals surface area contributed by atoms with E-state index in [-0.39, 0.29) is 0 Å². The van der Waals surface area contributed by atoms with Crippen molar-refractivity contribution in [3.8, 4) is 0 Å². The van der Waals surface area contributed by atoms with Crippen LogP contribution in [0.2, 0.25) is 0 Å². The predicted molar refractivity (Wildman–Crippen MR) is 64.0 cm³/mol. The maximum Gasteiger partial charge on any atom is 0.0907 e. The molecule has 0 spiro atoms. The van der Waals surface area contributed by atoms with Crippen LogP contribution in [-0.2, 0) is 0 Å². The van der Waals surface area contributed by atoms with Crippen molar-refractivity contribution in [1.29, 1.82) is 0 Å². The second-order valence-electron chi connectivity index (χ2n) is 4.08. The molecule has 0 N–H and O–H groups in total. The molecule has 0 radical (unpaired) electrons. The van der Waals surface area contributed by atoms with Gasteiger partial charge in [0.05, 0.1) is 16.7 Å². The zero-order valence-corrected chi connectivity index (χ0v) is 8.59. The topological polar surface area (TPSA) is 29.0 Å². The van der Waals surface area contributed by atoms with E-state index in [2.05, 4.69) is 45.4 Å². The van der Waals surface area contributed by atoms with Crippen molar-refractivity contribution in [2.24, 2.45) is 0 Å². The lowest BCUT2D eigenvalue weighted by Crippen LogP contribution is -2.12. The first-order chi connectivity index (χ1) is 7.92. The first-order valence-corrected chi connectivity index (χ1v) is 5.31. The number of rotatable bonds is 0. The first-order valence-electron chi connectivity index (χ1n) is 5.31. The van der Waals surface area contributed by atoms with Gasteiger partial charge in [0, 0.05) is 30.7 Å². The number of anilines is 1. The standard InChI is InChI=1S/C13H9N3/c1-2-9-8-16(5-1)13-7-12-11(6-10(9)13)14-3-4-15-12/h1-7H,8H2. The molecule has 0 amide bonds. The van der Waals surface area contributed by atoms with Gasteiger partial charge in [-0.05, 0) is 23.8 Å². The summed E-state index contributed by atoms with van der Waals surface area (Å²) >= 11 is 0. The minimum atomic E-state index is 0.961. The lowest BCUT2D eigenvalue weighted by atomic mass is 10.1. The van der Waals surface area contributed by atoms with Gasteiger partial charge in [0.2, 0.25) is 0 Å². The van der Waals surface area contributed by atoms with Crippen molar-refractivity contribution in [2.45, 2.75) is 0 Å². The number of allylic oxidation sites excluding steroid dienone is 2. The first kappa shape index (κ1) is 8.05. The van der Waals surface area contributed by atoms with Gasteiger partial charge in [-0.25, -0.2) is 0 Å². The summed E-state index contributed by atoms with van der Waals surface area (Å²) in [5.41, 5.74) is 5.83. The molecule has 2 aliphatic heterocycles. The van der Waals surface area contributed by atoms with Crippen molar-refractivity contribution >= 4 is 22.3 Å². The molecule has 0 saturated heterocycles.